The molecule has 1 fully saturated rings. The molecule has 0 spiro atoms. The first-order valence-electron chi connectivity index (χ1n) is 13.0. The van der Waals surface area contributed by atoms with Crippen LogP contribution in [0.2, 0.25) is 0 Å². The second-order valence-electron chi connectivity index (χ2n) is 9.54. The van der Waals surface area contributed by atoms with Gasteiger partial charge in [0.25, 0.3) is 11.8 Å². The van der Waals surface area contributed by atoms with Crippen LogP contribution in [0.5, 0.6) is 0 Å². The van der Waals surface area contributed by atoms with E-state index in [1.54, 1.807) is 0 Å². The number of aromatic nitrogens is 8. The van der Waals surface area contributed by atoms with E-state index in [4.69, 9.17) is 4.74 Å². The maximum Gasteiger partial charge on any atom is 0.356 e. The number of H-pyrrole nitrogens is 1. The predicted octanol–water partition coefficient (Wildman–Crippen LogP) is 1.46. The summed E-state index contributed by atoms with van der Waals surface area (Å²) in [5, 5.41) is 35.0. The number of nitrogens with one attached hydrogen (secondary N) is 1. The maximum absolute atomic E-state index is 14.1. The minimum atomic E-state index is -1.21. The van der Waals surface area contributed by atoms with Crippen molar-refractivity contribution in [2.75, 3.05) is 5.75 Å². The number of thioether (sulfide) groups is 2. The number of ether oxygens (including phenoxy) is 1. The molecule has 0 aliphatic carbocycles. The summed E-state index contributed by atoms with van der Waals surface area (Å²) in [4.78, 5) is 41.7. The summed E-state index contributed by atoms with van der Waals surface area (Å²) in [7, 11) is 0. The topological polar surface area (TPSA) is 185 Å². The van der Waals surface area contributed by atoms with E-state index in [1.807, 2.05) is 67.6 Å². The Morgan fingerprint density at radius 3 is 2.47 bits per heavy atom. The Morgan fingerprint density at radius 2 is 1.86 bits per heavy atom. The van der Waals surface area contributed by atoms with Crippen molar-refractivity contribution >= 4 is 41.3 Å². The summed E-state index contributed by atoms with van der Waals surface area (Å²) in [5.74, 6) is -1.80. The van der Waals surface area contributed by atoms with Gasteiger partial charge in [-0.25, -0.2) is 14.5 Å². The first-order chi connectivity index (χ1) is 20.9. The summed E-state index contributed by atoms with van der Waals surface area (Å²) >= 11 is 2.59. The van der Waals surface area contributed by atoms with Crippen LogP contribution >= 0.6 is 23.5 Å². The molecular formula is C26H24N10O5S2. The molecule has 0 saturated carbocycles. The highest BCUT2D eigenvalue weighted by molar-refractivity contribution is 8.01. The van der Waals surface area contributed by atoms with Crippen LogP contribution in [0.4, 0.5) is 0 Å². The molecule has 2 N–H and O–H groups in total. The van der Waals surface area contributed by atoms with E-state index in [-0.39, 0.29) is 17.5 Å². The molecule has 6 rings (SSSR count). The summed E-state index contributed by atoms with van der Waals surface area (Å²) in [6.07, 6.45) is 0.467. The zero-order valence-corrected chi connectivity index (χ0v) is 24.1. The van der Waals surface area contributed by atoms with Gasteiger partial charge in [0.05, 0.1) is 0 Å². The first kappa shape index (κ1) is 28.5. The number of β-lactam (4-membered cyclic amide) rings is 1. The van der Waals surface area contributed by atoms with Crippen LogP contribution < -0.4 is 0 Å². The molecule has 2 aromatic heterocycles. The number of benzene rings is 2. The maximum atomic E-state index is 14.1. The number of hydrogen-bond donors (Lipinski definition) is 2. The number of nitrogens with zero attached hydrogens (tertiary/aromatic N) is 9. The van der Waals surface area contributed by atoms with Crippen LogP contribution in [0, 0.1) is 0 Å². The van der Waals surface area contributed by atoms with E-state index in [1.165, 1.54) is 34.8 Å². The largest absolute Gasteiger partial charge is 0.448 e. The highest BCUT2D eigenvalue weighted by atomic mass is 32.2. The Balaban J connectivity index is 1.31. The predicted molar refractivity (Wildman–Crippen MR) is 151 cm³/mol. The SMILES string of the molecule is CC(Sc1nn[nH]n1)C1=C(C(=O)OC(c2ccccc2)c2ccccc2)N2C(=O)C(N(O)C(=O)Cn3cnnn3)[C@H]2SC1. The van der Waals surface area contributed by atoms with Crippen molar-refractivity contribution in [1.29, 1.82) is 0 Å². The molecule has 2 aromatic carbocycles. The number of fused-ring (bicyclic) bond motifs is 1. The van der Waals surface area contributed by atoms with Crippen LogP contribution in [0.1, 0.15) is 24.2 Å². The molecule has 17 heteroatoms. The van der Waals surface area contributed by atoms with E-state index in [9.17, 15) is 19.6 Å². The molecule has 15 nitrogen and oxygen atoms in total. The standard InChI is InChI=1S/C26H24N10O5S2/c1-15(43-26-28-31-32-29-26)18-13-42-24-21(36(40)19(37)12-34-14-27-30-33-34)23(38)35(24)20(18)25(39)41-22(16-8-4-2-5-9-16)17-10-6-3-7-11-17/h2-11,14-15,21-22,24,40H,12-13H2,1H3,(H,28,29,31,32)/t15?,21?,24-/m1/s1. The van der Waals surface area contributed by atoms with E-state index in [0.717, 1.165) is 15.8 Å². The first-order valence-corrected chi connectivity index (χ1v) is 15.0. The lowest BCUT2D eigenvalue weighted by Gasteiger charge is -2.51. The van der Waals surface area contributed by atoms with Crippen molar-refractivity contribution in [3.05, 3.63) is 89.4 Å². The van der Waals surface area contributed by atoms with Gasteiger partial charge in [-0.15, -0.1) is 27.1 Å². The van der Waals surface area contributed by atoms with Gasteiger partial charge in [-0.1, -0.05) is 72.4 Å². The minimum absolute atomic E-state index is 0.0617. The van der Waals surface area contributed by atoms with Crippen LogP contribution in [-0.2, 0) is 25.7 Å². The van der Waals surface area contributed by atoms with Gasteiger partial charge in [-0.2, -0.15) is 5.21 Å². The zero-order valence-electron chi connectivity index (χ0n) is 22.5. The van der Waals surface area contributed by atoms with Gasteiger partial charge >= 0.3 is 5.97 Å². The van der Waals surface area contributed by atoms with Crippen molar-refractivity contribution in [3.8, 4) is 0 Å². The molecule has 2 aliphatic heterocycles. The van der Waals surface area contributed by atoms with Crippen molar-refractivity contribution in [1.82, 2.24) is 50.8 Å². The van der Waals surface area contributed by atoms with Gasteiger partial charge in [0.2, 0.25) is 5.16 Å². The number of hydroxylamine groups is 2. The molecule has 1 saturated heterocycles. The molecule has 4 heterocycles. The van der Waals surface area contributed by atoms with Gasteiger partial charge in [0.1, 0.15) is 23.9 Å². The van der Waals surface area contributed by atoms with Gasteiger partial charge in [0, 0.05) is 11.0 Å². The molecular weight excluding hydrogens is 596 g/mol. The third-order valence-corrected chi connectivity index (χ3v) is 9.21. The number of carbonyl (C=O) groups excluding carboxylic acids is 3. The van der Waals surface area contributed by atoms with Crippen molar-refractivity contribution in [2.45, 2.75) is 41.4 Å². The lowest BCUT2D eigenvalue weighted by molar-refractivity contribution is -0.198. The second kappa shape index (κ2) is 12.3. The van der Waals surface area contributed by atoms with Crippen LogP contribution in [-0.4, -0.2) is 96.2 Å². The molecule has 2 aliphatic rings. The van der Waals surface area contributed by atoms with Gasteiger partial charge < -0.3 is 4.74 Å². The Labute approximate surface area is 252 Å². The third-order valence-electron chi connectivity index (χ3n) is 6.90. The quantitative estimate of drug-likeness (QED) is 0.0854. The van der Waals surface area contributed by atoms with E-state index in [2.05, 4.69) is 36.1 Å². The number of esters is 1. The highest BCUT2D eigenvalue weighted by Gasteiger charge is 2.58. The molecule has 4 aromatic rings. The summed E-state index contributed by atoms with van der Waals surface area (Å²) in [6, 6.07) is 17.4. The molecule has 2 unspecified atom stereocenters. The average Bonchev–Trinajstić information content (AvgIpc) is 3.74. The van der Waals surface area contributed by atoms with E-state index < -0.39 is 35.3 Å². The second-order valence-corrected chi connectivity index (χ2v) is 11.9. The molecule has 220 valence electrons. The molecule has 43 heavy (non-hydrogen) atoms. The minimum Gasteiger partial charge on any atom is -0.448 e. The Kier molecular flexibility index (Phi) is 8.17. The van der Waals surface area contributed by atoms with Gasteiger partial charge in [-0.3, -0.25) is 19.7 Å². The normalized spacial score (nSPS) is 18.7. The van der Waals surface area contributed by atoms with E-state index >= 15 is 0 Å². The van der Waals surface area contributed by atoms with Crippen LogP contribution in [0.15, 0.2) is 83.4 Å². The number of hydrogen-bond acceptors (Lipinski definition) is 13. The fourth-order valence-electron chi connectivity index (χ4n) is 4.81. The van der Waals surface area contributed by atoms with Gasteiger partial charge in [-0.05, 0) is 39.3 Å². The lowest BCUT2D eigenvalue weighted by Crippen LogP contribution is -2.71. The number of carbonyl (C=O) groups is 3. The molecule has 0 bridgehead atoms. The Morgan fingerprint density at radius 1 is 1.16 bits per heavy atom. The van der Waals surface area contributed by atoms with Crippen molar-refractivity contribution in [3.63, 3.8) is 0 Å². The molecule has 0 radical (unpaired) electrons. The fraction of sp³-hybridized carbons (Fsp3) is 0.269. The van der Waals surface area contributed by atoms with Gasteiger partial charge in [0.15, 0.2) is 12.1 Å². The Bertz CT molecular complexity index is 1580. The van der Waals surface area contributed by atoms with Crippen LogP contribution in [0.25, 0.3) is 0 Å². The smallest absolute Gasteiger partial charge is 0.356 e. The fourth-order valence-corrected chi connectivity index (χ4v) is 7.26. The van der Waals surface area contributed by atoms with Crippen molar-refractivity contribution < 1.29 is 24.3 Å². The third kappa shape index (κ3) is 5.73. The van der Waals surface area contributed by atoms with Crippen LogP contribution in [0.3, 0.4) is 0 Å². The number of rotatable bonds is 10. The zero-order chi connectivity index (χ0) is 29.9. The monoisotopic (exact) mass is 620 g/mol. The highest BCUT2D eigenvalue weighted by Crippen LogP contribution is 2.45. The number of tetrazole rings is 2. The summed E-state index contributed by atoms with van der Waals surface area (Å²) in [5.41, 5.74) is 2.19. The molecule has 3 atom stereocenters. The number of amides is 2. The lowest BCUT2D eigenvalue weighted by atomic mass is 10.00. The van der Waals surface area contributed by atoms with Crippen molar-refractivity contribution in [2.24, 2.45) is 0 Å². The molecule has 2 amide bonds. The average molecular weight is 621 g/mol. The number of aromatic amines is 1. The Hall–Kier alpha value is -4.61. The van der Waals surface area contributed by atoms with E-state index in [0.29, 0.717) is 21.5 Å². The summed E-state index contributed by atoms with van der Waals surface area (Å²) in [6.45, 7) is 1.50. The summed E-state index contributed by atoms with van der Waals surface area (Å²) < 4.78 is 7.29.